The van der Waals surface area contributed by atoms with E-state index >= 15 is 0 Å². The molecular weight excluding hydrogens is 245 g/mol. The molecule has 1 rings (SSSR count). The van der Waals surface area contributed by atoms with E-state index in [0.717, 1.165) is 0 Å². The normalized spacial score (nSPS) is 14.4. The molecule has 106 valence electrons. The Morgan fingerprint density at radius 3 is 2.47 bits per heavy atom. The van der Waals surface area contributed by atoms with Gasteiger partial charge in [-0.3, -0.25) is 4.79 Å². The first-order valence-electron chi connectivity index (χ1n) is 6.62. The zero-order valence-corrected chi connectivity index (χ0v) is 11.7. The smallest absolute Gasteiger partial charge is 0.320 e. The van der Waals surface area contributed by atoms with Crippen LogP contribution in [0.4, 0.5) is 4.39 Å². The van der Waals surface area contributed by atoms with Gasteiger partial charge in [0.15, 0.2) is 0 Å². The third-order valence-corrected chi connectivity index (χ3v) is 2.97. The van der Waals surface area contributed by atoms with Crippen molar-refractivity contribution in [2.75, 3.05) is 0 Å². The summed E-state index contributed by atoms with van der Waals surface area (Å²) in [6.07, 6.45) is 1.05. The summed E-state index contributed by atoms with van der Waals surface area (Å²) in [4.78, 5) is 11.2. The van der Waals surface area contributed by atoms with Crippen LogP contribution in [-0.4, -0.2) is 23.2 Å². The van der Waals surface area contributed by atoms with Gasteiger partial charge in [-0.05, 0) is 37.3 Å². The number of hydrogen-bond donors (Lipinski definition) is 2. The summed E-state index contributed by atoms with van der Waals surface area (Å²) < 4.78 is 13.5. The maximum Gasteiger partial charge on any atom is 0.320 e. The molecule has 3 nitrogen and oxygen atoms in total. The summed E-state index contributed by atoms with van der Waals surface area (Å²) in [5.74, 6) is -0.796. The van der Waals surface area contributed by atoms with Gasteiger partial charge < -0.3 is 10.4 Å². The predicted molar refractivity (Wildman–Crippen MR) is 73.6 cm³/mol. The highest BCUT2D eigenvalue weighted by Gasteiger charge is 2.21. The molecule has 0 aliphatic rings. The second kappa shape index (κ2) is 7.24. The van der Waals surface area contributed by atoms with Crippen LogP contribution < -0.4 is 5.32 Å². The van der Waals surface area contributed by atoms with Gasteiger partial charge in [-0.2, -0.15) is 0 Å². The number of carbonyl (C=O) groups is 1. The van der Waals surface area contributed by atoms with Crippen molar-refractivity contribution in [3.8, 4) is 0 Å². The Bertz CT molecular complexity index is 420. The van der Waals surface area contributed by atoms with Crippen molar-refractivity contribution in [2.45, 2.75) is 45.7 Å². The van der Waals surface area contributed by atoms with Gasteiger partial charge in [0.05, 0.1) is 0 Å². The molecule has 2 atom stereocenters. The van der Waals surface area contributed by atoms with E-state index in [0.29, 0.717) is 24.3 Å². The maximum absolute atomic E-state index is 13.5. The van der Waals surface area contributed by atoms with E-state index in [-0.39, 0.29) is 11.9 Å². The molecule has 0 aromatic heterocycles. The van der Waals surface area contributed by atoms with Gasteiger partial charge in [0, 0.05) is 6.04 Å². The molecule has 0 amide bonds. The van der Waals surface area contributed by atoms with Crippen LogP contribution in [0.25, 0.3) is 0 Å². The second-order valence-corrected chi connectivity index (χ2v) is 5.38. The summed E-state index contributed by atoms with van der Waals surface area (Å²) in [5.41, 5.74) is 0.608. The highest BCUT2D eigenvalue weighted by Crippen LogP contribution is 2.11. The SMILES string of the molecule is CC(C)CC(NC(C)Cc1ccccc1F)C(=O)O. The maximum atomic E-state index is 13.5. The topological polar surface area (TPSA) is 49.3 Å². The van der Waals surface area contributed by atoms with E-state index in [9.17, 15) is 9.18 Å². The predicted octanol–water partition coefficient (Wildman–Crippen LogP) is 2.85. The number of rotatable bonds is 7. The molecule has 0 fully saturated rings. The van der Waals surface area contributed by atoms with Gasteiger partial charge in [0.2, 0.25) is 0 Å². The van der Waals surface area contributed by atoms with E-state index in [1.54, 1.807) is 18.2 Å². The van der Waals surface area contributed by atoms with Gasteiger partial charge in [0.25, 0.3) is 0 Å². The average Bonchev–Trinajstić information content (AvgIpc) is 2.30. The average molecular weight is 267 g/mol. The number of aliphatic carboxylic acids is 1. The first-order valence-corrected chi connectivity index (χ1v) is 6.62. The Balaban J connectivity index is 2.60. The molecule has 0 spiro atoms. The van der Waals surface area contributed by atoms with Crippen LogP contribution in [0, 0.1) is 11.7 Å². The quantitative estimate of drug-likeness (QED) is 0.798. The summed E-state index contributed by atoms with van der Waals surface area (Å²) in [5, 5.41) is 12.2. The summed E-state index contributed by atoms with van der Waals surface area (Å²) >= 11 is 0. The third-order valence-electron chi connectivity index (χ3n) is 2.97. The van der Waals surface area contributed by atoms with Crippen LogP contribution in [0.1, 0.15) is 32.8 Å². The number of hydrogen-bond acceptors (Lipinski definition) is 2. The largest absolute Gasteiger partial charge is 0.480 e. The van der Waals surface area contributed by atoms with Crippen molar-refractivity contribution in [1.29, 1.82) is 0 Å². The Kier molecular flexibility index (Phi) is 5.96. The van der Waals surface area contributed by atoms with Gasteiger partial charge in [-0.1, -0.05) is 32.0 Å². The minimum Gasteiger partial charge on any atom is -0.480 e. The fraction of sp³-hybridized carbons (Fsp3) is 0.533. The monoisotopic (exact) mass is 267 g/mol. The van der Waals surface area contributed by atoms with Crippen LogP contribution in [-0.2, 0) is 11.2 Å². The number of benzene rings is 1. The van der Waals surface area contributed by atoms with Gasteiger partial charge in [0.1, 0.15) is 11.9 Å². The summed E-state index contributed by atoms with van der Waals surface area (Å²) in [6.45, 7) is 5.85. The number of halogens is 1. The van der Waals surface area contributed by atoms with E-state index < -0.39 is 12.0 Å². The number of carboxylic acid groups (broad SMARTS) is 1. The molecule has 0 heterocycles. The molecule has 0 aliphatic carbocycles. The van der Waals surface area contributed by atoms with E-state index in [1.165, 1.54) is 6.07 Å². The Hall–Kier alpha value is -1.42. The van der Waals surface area contributed by atoms with E-state index in [1.807, 2.05) is 20.8 Å². The first kappa shape index (κ1) is 15.6. The first-order chi connectivity index (χ1) is 8.90. The summed E-state index contributed by atoms with van der Waals surface area (Å²) in [7, 11) is 0. The molecule has 0 saturated carbocycles. The fourth-order valence-corrected chi connectivity index (χ4v) is 2.11. The molecule has 4 heteroatoms. The fourth-order valence-electron chi connectivity index (χ4n) is 2.11. The van der Waals surface area contributed by atoms with Crippen LogP contribution in [0.2, 0.25) is 0 Å². The molecule has 0 bridgehead atoms. The highest BCUT2D eigenvalue weighted by atomic mass is 19.1. The van der Waals surface area contributed by atoms with Crippen molar-refractivity contribution in [3.63, 3.8) is 0 Å². The molecule has 0 saturated heterocycles. The molecule has 2 unspecified atom stereocenters. The highest BCUT2D eigenvalue weighted by molar-refractivity contribution is 5.73. The lowest BCUT2D eigenvalue weighted by molar-refractivity contribution is -0.140. The Labute approximate surface area is 113 Å². The zero-order chi connectivity index (χ0) is 14.4. The van der Waals surface area contributed by atoms with Gasteiger partial charge >= 0.3 is 5.97 Å². The van der Waals surface area contributed by atoms with Gasteiger partial charge in [-0.25, -0.2) is 4.39 Å². The lowest BCUT2D eigenvalue weighted by atomic mass is 10.0. The Morgan fingerprint density at radius 2 is 1.95 bits per heavy atom. The van der Waals surface area contributed by atoms with Crippen molar-refractivity contribution < 1.29 is 14.3 Å². The second-order valence-electron chi connectivity index (χ2n) is 5.38. The van der Waals surface area contributed by atoms with Crippen molar-refractivity contribution in [1.82, 2.24) is 5.32 Å². The number of carboxylic acids is 1. The van der Waals surface area contributed by atoms with Gasteiger partial charge in [-0.15, -0.1) is 0 Å². The molecule has 1 aromatic rings. The minimum atomic E-state index is -0.853. The molecule has 0 aliphatic heterocycles. The summed E-state index contributed by atoms with van der Waals surface area (Å²) in [6, 6.07) is 5.92. The molecule has 19 heavy (non-hydrogen) atoms. The van der Waals surface area contributed by atoms with Crippen molar-refractivity contribution in [3.05, 3.63) is 35.6 Å². The Morgan fingerprint density at radius 1 is 1.32 bits per heavy atom. The standard InChI is InChI=1S/C15H22FNO2/c1-10(2)8-14(15(18)19)17-11(3)9-12-6-4-5-7-13(12)16/h4-7,10-11,14,17H,8-9H2,1-3H3,(H,18,19). The molecule has 0 radical (unpaired) electrons. The van der Waals surface area contributed by atoms with E-state index in [2.05, 4.69) is 5.32 Å². The minimum absolute atomic E-state index is 0.0863. The molecule has 1 aromatic carbocycles. The van der Waals surface area contributed by atoms with Crippen LogP contribution in [0.5, 0.6) is 0 Å². The molecule has 2 N–H and O–H groups in total. The number of nitrogens with one attached hydrogen (secondary N) is 1. The lowest BCUT2D eigenvalue weighted by Crippen LogP contribution is -2.43. The molecular formula is C15H22FNO2. The zero-order valence-electron chi connectivity index (χ0n) is 11.7. The van der Waals surface area contributed by atoms with Crippen LogP contribution in [0.15, 0.2) is 24.3 Å². The third kappa shape index (κ3) is 5.39. The lowest BCUT2D eigenvalue weighted by Gasteiger charge is -2.21. The van der Waals surface area contributed by atoms with Crippen LogP contribution in [0.3, 0.4) is 0 Å². The van der Waals surface area contributed by atoms with Crippen molar-refractivity contribution >= 4 is 5.97 Å². The van der Waals surface area contributed by atoms with Crippen LogP contribution >= 0.6 is 0 Å². The van der Waals surface area contributed by atoms with E-state index in [4.69, 9.17) is 5.11 Å². The van der Waals surface area contributed by atoms with Crippen molar-refractivity contribution in [2.24, 2.45) is 5.92 Å².